The van der Waals surface area contributed by atoms with Crippen LogP contribution in [0.15, 0.2) is 24.3 Å². The predicted octanol–water partition coefficient (Wildman–Crippen LogP) is 1.49. The fraction of sp³-hybridized carbons (Fsp3) is 0.400. The highest BCUT2D eigenvalue weighted by Crippen LogP contribution is 2.22. The summed E-state index contributed by atoms with van der Waals surface area (Å²) in [6.07, 6.45) is -0.858. The van der Waals surface area contributed by atoms with Crippen LogP contribution in [0.4, 0.5) is 15.3 Å². The first-order valence-corrected chi connectivity index (χ1v) is 6.93. The number of ether oxygens (including phenoxy) is 1. The van der Waals surface area contributed by atoms with Crippen molar-refractivity contribution < 1.29 is 19.1 Å². The minimum atomic E-state index is -0.459. The third-order valence-electron chi connectivity index (χ3n) is 3.35. The van der Waals surface area contributed by atoms with Crippen molar-refractivity contribution in [2.75, 3.05) is 32.1 Å². The molecule has 1 saturated heterocycles. The second-order valence-electron chi connectivity index (χ2n) is 5.30. The number of anilines is 1. The lowest BCUT2D eigenvalue weighted by atomic mass is 10.1. The van der Waals surface area contributed by atoms with Crippen molar-refractivity contribution in [2.45, 2.75) is 13.0 Å². The molecule has 0 radical (unpaired) electrons. The number of cyclic esters (lactones) is 1. The van der Waals surface area contributed by atoms with Crippen molar-refractivity contribution in [3.63, 3.8) is 0 Å². The molecule has 0 bridgehead atoms. The monoisotopic (exact) mass is 305 g/mol. The molecule has 3 amide bonds. The van der Waals surface area contributed by atoms with E-state index in [1.165, 1.54) is 16.7 Å². The summed E-state index contributed by atoms with van der Waals surface area (Å²) < 4.78 is 5.22. The number of amides is 3. The van der Waals surface area contributed by atoms with Gasteiger partial charge >= 0.3 is 12.1 Å². The van der Waals surface area contributed by atoms with E-state index in [0.717, 1.165) is 0 Å². The van der Waals surface area contributed by atoms with Crippen LogP contribution in [0.5, 0.6) is 0 Å². The molecule has 1 aliphatic heterocycles. The molecule has 1 N–H and O–H groups in total. The standard InChI is InChI=1S/C15H19N3O4/c1-10(19)11-4-6-12(7-5-11)18-9-13(22-15(18)21)8-16-14(20)17(2)3/h4-7,13H,8-9H2,1-3H3,(H,16,20)/t13-/m0/s1. The first-order chi connectivity index (χ1) is 10.4. The lowest BCUT2D eigenvalue weighted by molar-refractivity contribution is 0.101. The number of rotatable bonds is 4. The maximum Gasteiger partial charge on any atom is 0.414 e. The number of carbonyl (C=O) groups excluding carboxylic acids is 3. The summed E-state index contributed by atoms with van der Waals surface area (Å²) in [6.45, 7) is 2.10. The Kier molecular flexibility index (Phi) is 4.65. The third kappa shape index (κ3) is 3.55. The van der Waals surface area contributed by atoms with Crippen LogP contribution in [-0.2, 0) is 4.74 Å². The molecule has 1 aromatic rings. The Morgan fingerprint density at radius 1 is 1.32 bits per heavy atom. The molecule has 22 heavy (non-hydrogen) atoms. The Morgan fingerprint density at radius 3 is 2.50 bits per heavy atom. The second-order valence-corrected chi connectivity index (χ2v) is 5.30. The Labute approximate surface area is 128 Å². The van der Waals surface area contributed by atoms with Crippen molar-refractivity contribution in [1.29, 1.82) is 0 Å². The summed E-state index contributed by atoms with van der Waals surface area (Å²) in [4.78, 5) is 37.5. The molecule has 0 aromatic heterocycles. The van der Waals surface area contributed by atoms with E-state index in [4.69, 9.17) is 4.74 Å². The molecule has 7 nitrogen and oxygen atoms in total. The summed E-state index contributed by atoms with van der Waals surface area (Å²) in [7, 11) is 3.28. The van der Waals surface area contributed by atoms with Crippen LogP contribution in [0.3, 0.4) is 0 Å². The molecule has 2 rings (SSSR count). The highest BCUT2D eigenvalue weighted by atomic mass is 16.6. The topological polar surface area (TPSA) is 79.0 Å². The minimum absolute atomic E-state index is 0.0279. The molecule has 1 fully saturated rings. The fourth-order valence-corrected chi connectivity index (χ4v) is 2.07. The van der Waals surface area contributed by atoms with Crippen LogP contribution < -0.4 is 10.2 Å². The number of hydrogen-bond acceptors (Lipinski definition) is 4. The predicted molar refractivity (Wildman–Crippen MR) is 81.1 cm³/mol. The molecular formula is C15H19N3O4. The molecule has 0 saturated carbocycles. The molecule has 0 aliphatic carbocycles. The fourth-order valence-electron chi connectivity index (χ4n) is 2.07. The van der Waals surface area contributed by atoms with E-state index in [2.05, 4.69) is 5.32 Å². The minimum Gasteiger partial charge on any atom is -0.442 e. The van der Waals surface area contributed by atoms with E-state index in [-0.39, 0.29) is 18.4 Å². The Morgan fingerprint density at radius 2 is 1.95 bits per heavy atom. The van der Waals surface area contributed by atoms with Gasteiger partial charge in [-0.3, -0.25) is 9.69 Å². The lowest BCUT2D eigenvalue weighted by Crippen LogP contribution is -2.40. The molecule has 0 spiro atoms. The summed E-state index contributed by atoms with van der Waals surface area (Å²) in [5.41, 5.74) is 1.25. The zero-order valence-corrected chi connectivity index (χ0v) is 12.8. The number of carbonyl (C=O) groups is 3. The van der Waals surface area contributed by atoms with E-state index >= 15 is 0 Å². The zero-order chi connectivity index (χ0) is 16.3. The number of nitrogens with one attached hydrogen (secondary N) is 1. The maximum atomic E-state index is 11.9. The number of nitrogens with zero attached hydrogens (tertiary/aromatic N) is 2. The normalized spacial score (nSPS) is 17.1. The molecule has 118 valence electrons. The van der Waals surface area contributed by atoms with E-state index in [9.17, 15) is 14.4 Å². The number of ketones is 1. The molecule has 1 aliphatic rings. The van der Waals surface area contributed by atoms with Crippen molar-refractivity contribution >= 4 is 23.6 Å². The summed E-state index contributed by atoms with van der Waals surface area (Å²) >= 11 is 0. The first kappa shape index (κ1) is 15.8. The summed E-state index contributed by atoms with van der Waals surface area (Å²) in [5, 5.41) is 2.68. The number of benzene rings is 1. The van der Waals surface area contributed by atoms with Crippen LogP contribution >= 0.6 is 0 Å². The van der Waals surface area contributed by atoms with Gasteiger partial charge in [0.1, 0.15) is 6.10 Å². The Hall–Kier alpha value is -2.57. The second kappa shape index (κ2) is 6.46. The quantitative estimate of drug-likeness (QED) is 0.855. The van der Waals surface area contributed by atoms with E-state index < -0.39 is 12.2 Å². The van der Waals surface area contributed by atoms with Crippen LogP contribution in [-0.4, -0.2) is 56.1 Å². The van der Waals surface area contributed by atoms with Crippen LogP contribution in [0.2, 0.25) is 0 Å². The Balaban J connectivity index is 1.97. The van der Waals surface area contributed by atoms with Gasteiger partial charge < -0.3 is 15.0 Å². The molecule has 0 unspecified atom stereocenters. The van der Waals surface area contributed by atoms with Gasteiger partial charge in [-0.2, -0.15) is 0 Å². The van der Waals surface area contributed by atoms with Crippen molar-refractivity contribution in [1.82, 2.24) is 10.2 Å². The largest absolute Gasteiger partial charge is 0.442 e. The van der Waals surface area contributed by atoms with E-state index in [0.29, 0.717) is 17.8 Å². The molecular weight excluding hydrogens is 286 g/mol. The molecule has 1 aromatic carbocycles. The third-order valence-corrected chi connectivity index (χ3v) is 3.35. The van der Waals surface area contributed by atoms with Gasteiger partial charge in [-0.15, -0.1) is 0 Å². The van der Waals surface area contributed by atoms with Gasteiger partial charge in [-0.1, -0.05) is 0 Å². The SMILES string of the molecule is CC(=O)c1ccc(N2C[C@H](CNC(=O)N(C)C)OC2=O)cc1. The average Bonchev–Trinajstić information content (AvgIpc) is 2.85. The maximum absolute atomic E-state index is 11.9. The zero-order valence-electron chi connectivity index (χ0n) is 12.8. The molecule has 7 heteroatoms. The van der Waals surface area contributed by atoms with E-state index in [1.54, 1.807) is 38.4 Å². The van der Waals surface area contributed by atoms with Crippen LogP contribution in [0, 0.1) is 0 Å². The summed E-state index contributed by atoms with van der Waals surface area (Å²) in [6, 6.07) is 6.52. The smallest absolute Gasteiger partial charge is 0.414 e. The first-order valence-electron chi connectivity index (χ1n) is 6.93. The number of Topliss-reactive ketones (excluding diaryl/α,β-unsaturated/α-hetero) is 1. The van der Waals surface area contributed by atoms with Gasteiger partial charge in [0.05, 0.1) is 13.1 Å². The van der Waals surface area contributed by atoms with Crippen molar-refractivity contribution in [2.24, 2.45) is 0 Å². The van der Waals surface area contributed by atoms with Gasteiger partial charge in [0, 0.05) is 25.3 Å². The van der Waals surface area contributed by atoms with Gasteiger partial charge in [-0.05, 0) is 31.2 Å². The Bertz CT molecular complexity index is 583. The highest BCUT2D eigenvalue weighted by molar-refractivity contribution is 5.95. The molecule has 1 atom stereocenters. The number of urea groups is 1. The highest BCUT2D eigenvalue weighted by Gasteiger charge is 2.32. The van der Waals surface area contributed by atoms with Crippen LogP contribution in [0.1, 0.15) is 17.3 Å². The van der Waals surface area contributed by atoms with Crippen molar-refractivity contribution in [3.05, 3.63) is 29.8 Å². The number of hydrogen-bond donors (Lipinski definition) is 1. The van der Waals surface area contributed by atoms with Gasteiger partial charge in [0.25, 0.3) is 0 Å². The van der Waals surface area contributed by atoms with E-state index in [1.807, 2.05) is 0 Å². The average molecular weight is 305 g/mol. The summed E-state index contributed by atoms with van der Waals surface area (Å²) in [5.74, 6) is -0.0279. The van der Waals surface area contributed by atoms with Crippen LogP contribution in [0.25, 0.3) is 0 Å². The van der Waals surface area contributed by atoms with Gasteiger partial charge in [0.15, 0.2) is 5.78 Å². The molecule has 1 heterocycles. The van der Waals surface area contributed by atoms with Gasteiger partial charge in [-0.25, -0.2) is 9.59 Å². The van der Waals surface area contributed by atoms with Crippen molar-refractivity contribution in [3.8, 4) is 0 Å². The lowest BCUT2D eigenvalue weighted by Gasteiger charge is -2.15. The van der Waals surface area contributed by atoms with Gasteiger partial charge in [0.2, 0.25) is 0 Å².